The molecule has 0 bridgehead atoms. The minimum Gasteiger partial charge on any atom is -0.388 e. The summed E-state index contributed by atoms with van der Waals surface area (Å²) < 4.78 is 5.60. The van der Waals surface area contributed by atoms with Crippen molar-refractivity contribution >= 4 is 28.6 Å². The van der Waals surface area contributed by atoms with Crippen LogP contribution < -0.4 is 9.64 Å². The summed E-state index contributed by atoms with van der Waals surface area (Å²) in [6.07, 6.45) is 0.916. The van der Waals surface area contributed by atoms with E-state index in [4.69, 9.17) is 4.74 Å². The van der Waals surface area contributed by atoms with Gasteiger partial charge in [0, 0.05) is 0 Å². The van der Waals surface area contributed by atoms with Crippen LogP contribution >= 0.6 is 0 Å². The van der Waals surface area contributed by atoms with Crippen LogP contribution in [0.25, 0.3) is 11.2 Å². The smallest absolute Gasteiger partial charge is 0.388 e. The number of aromatic nitrogens is 4. The number of fused-ring (bicyclic) bond motifs is 1. The lowest BCUT2D eigenvalue weighted by Gasteiger charge is -2.22. The number of nitrogens with one attached hydrogen (secondary N) is 1. The highest BCUT2D eigenvalue weighted by Gasteiger charge is 2.22. The van der Waals surface area contributed by atoms with Gasteiger partial charge in [0.25, 0.3) is 5.88 Å². The number of carbonyl (C=O) groups is 1. The Kier molecular flexibility index (Phi) is 4.03. The molecule has 7 nitrogen and oxygen atoms in total. The normalized spacial score (nSPS) is 10.7. The number of rotatable bonds is 3. The lowest BCUT2D eigenvalue weighted by atomic mass is 10.2. The van der Waals surface area contributed by atoms with E-state index in [0.29, 0.717) is 28.4 Å². The van der Waals surface area contributed by atoms with Gasteiger partial charge in [-0.1, -0.05) is 36.4 Å². The first kappa shape index (κ1) is 15.8. The molecule has 4 aromatic rings. The van der Waals surface area contributed by atoms with E-state index in [2.05, 4.69) is 19.9 Å². The Labute approximate surface area is 149 Å². The van der Waals surface area contributed by atoms with Gasteiger partial charge in [-0.15, -0.1) is 0 Å². The minimum absolute atomic E-state index is 0.145. The van der Waals surface area contributed by atoms with Gasteiger partial charge < -0.3 is 9.72 Å². The summed E-state index contributed by atoms with van der Waals surface area (Å²) in [5, 5.41) is 0. The van der Waals surface area contributed by atoms with Crippen LogP contribution in [0.15, 0.2) is 67.0 Å². The third-order valence-corrected chi connectivity index (χ3v) is 3.76. The number of carbonyl (C=O) groups excluding carboxylic acids is 1. The van der Waals surface area contributed by atoms with E-state index >= 15 is 0 Å². The Bertz CT molecular complexity index is 1010. The predicted molar refractivity (Wildman–Crippen MR) is 97.5 cm³/mol. The molecule has 2 aromatic carbocycles. The highest BCUT2D eigenvalue weighted by atomic mass is 16.6. The van der Waals surface area contributed by atoms with Crippen LogP contribution in [0.5, 0.6) is 5.88 Å². The maximum Gasteiger partial charge on any atom is 0.425 e. The largest absolute Gasteiger partial charge is 0.425 e. The topological polar surface area (TPSA) is 84.0 Å². The summed E-state index contributed by atoms with van der Waals surface area (Å²) in [5.74, 6) is 0.616. The van der Waals surface area contributed by atoms with Crippen molar-refractivity contribution in [2.45, 2.75) is 6.92 Å². The molecule has 0 saturated heterocycles. The third-order valence-electron chi connectivity index (χ3n) is 3.76. The molecular weight excluding hydrogens is 330 g/mol. The van der Waals surface area contributed by atoms with Crippen molar-refractivity contribution < 1.29 is 9.53 Å². The van der Waals surface area contributed by atoms with E-state index in [0.717, 1.165) is 0 Å². The van der Waals surface area contributed by atoms with E-state index in [1.54, 1.807) is 6.92 Å². The van der Waals surface area contributed by atoms with Gasteiger partial charge >= 0.3 is 6.09 Å². The number of hydrogen-bond donors (Lipinski definition) is 1. The molecular formula is C19H15N5O2. The fraction of sp³-hybridized carbons (Fsp3) is 0.0526. The van der Waals surface area contributed by atoms with Crippen molar-refractivity contribution in [3.63, 3.8) is 0 Å². The number of ether oxygens (including phenoxy) is 1. The Balaban J connectivity index is 1.74. The monoisotopic (exact) mass is 345 g/mol. The molecule has 1 amide bonds. The minimum atomic E-state index is -0.573. The highest BCUT2D eigenvalue weighted by molar-refractivity contribution is 5.97. The number of anilines is 2. The van der Waals surface area contributed by atoms with Crippen molar-refractivity contribution in [1.29, 1.82) is 0 Å². The van der Waals surface area contributed by atoms with Crippen LogP contribution in [-0.4, -0.2) is 26.0 Å². The number of H-pyrrole nitrogens is 1. The molecule has 2 aromatic heterocycles. The van der Waals surface area contributed by atoms with Crippen molar-refractivity contribution in [3.05, 3.63) is 72.8 Å². The van der Waals surface area contributed by atoms with Crippen molar-refractivity contribution in [1.82, 2.24) is 19.9 Å². The fourth-order valence-corrected chi connectivity index (χ4v) is 2.63. The molecule has 26 heavy (non-hydrogen) atoms. The molecule has 0 atom stereocenters. The molecule has 7 heteroatoms. The number of para-hydroxylation sites is 2. The van der Waals surface area contributed by atoms with E-state index < -0.39 is 6.09 Å². The first-order valence-corrected chi connectivity index (χ1v) is 8.02. The second-order valence-corrected chi connectivity index (χ2v) is 5.55. The average Bonchev–Trinajstić information content (AvgIpc) is 3.12. The molecule has 1 N–H and O–H groups in total. The molecule has 0 spiro atoms. The van der Waals surface area contributed by atoms with Gasteiger partial charge in [-0.3, -0.25) is 0 Å². The lowest BCUT2D eigenvalue weighted by molar-refractivity contribution is 0.209. The van der Waals surface area contributed by atoms with Crippen LogP contribution in [0.4, 0.5) is 16.2 Å². The van der Waals surface area contributed by atoms with Gasteiger partial charge in [0.1, 0.15) is 11.3 Å². The Morgan fingerprint density at radius 3 is 2.19 bits per heavy atom. The lowest BCUT2D eigenvalue weighted by Crippen LogP contribution is -2.29. The Morgan fingerprint density at radius 2 is 1.58 bits per heavy atom. The van der Waals surface area contributed by atoms with E-state index in [-0.39, 0.29) is 5.88 Å². The second kappa shape index (κ2) is 6.64. The fourth-order valence-electron chi connectivity index (χ4n) is 2.63. The number of hydrogen-bond acceptors (Lipinski definition) is 5. The SMILES string of the molecule is Cc1nc(OC(=O)N(c2ccccc2)c2ccccc2)c2[nH]cnc2n1. The zero-order valence-electron chi connectivity index (χ0n) is 14.0. The van der Waals surface area contributed by atoms with Crippen molar-refractivity contribution in [3.8, 4) is 5.88 Å². The summed E-state index contributed by atoms with van der Waals surface area (Å²) in [4.78, 5) is 29.9. The van der Waals surface area contributed by atoms with Gasteiger partial charge in [0.05, 0.1) is 17.7 Å². The molecule has 0 saturated carbocycles. The molecule has 0 aliphatic carbocycles. The first-order chi connectivity index (χ1) is 12.7. The van der Waals surface area contributed by atoms with Crippen molar-refractivity contribution in [2.75, 3.05) is 4.90 Å². The zero-order chi connectivity index (χ0) is 17.9. The number of aromatic amines is 1. The van der Waals surface area contributed by atoms with Gasteiger partial charge in [0.15, 0.2) is 5.65 Å². The standard InChI is InChI=1S/C19H15N5O2/c1-13-22-17-16(20-12-21-17)18(23-13)26-19(25)24(14-8-4-2-5-9-14)15-10-6-3-7-11-15/h2-12H,1H3,(H,20,21,22,23). The van der Waals surface area contributed by atoms with Crippen LogP contribution in [0.3, 0.4) is 0 Å². The molecule has 0 aliphatic heterocycles. The third kappa shape index (κ3) is 2.98. The van der Waals surface area contributed by atoms with Gasteiger partial charge in [-0.25, -0.2) is 19.7 Å². The summed E-state index contributed by atoms with van der Waals surface area (Å²) in [6, 6.07) is 18.6. The Hall–Kier alpha value is -3.74. The van der Waals surface area contributed by atoms with Gasteiger partial charge in [-0.2, -0.15) is 4.98 Å². The van der Waals surface area contributed by atoms with Crippen LogP contribution in [0, 0.1) is 6.92 Å². The van der Waals surface area contributed by atoms with Crippen LogP contribution in [0.1, 0.15) is 5.82 Å². The number of amides is 1. The van der Waals surface area contributed by atoms with Crippen LogP contribution in [-0.2, 0) is 0 Å². The quantitative estimate of drug-likeness (QED) is 0.607. The van der Waals surface area contributed by atoms with Gasteiger partial charge in [-0.05, 0) is 31.2 Å². The maximum atomic E-state index is 13.0. The molecule has 2 heterocycles. The summed E-state index contributed by atoms with van der Waals surface area (Å²) in [6.45, 7) is 1.72. The molecule has 4 rings (SSSR count). The number of benzene rings is 2. The highest BCUT2D eigenvalue weighted by Crippen LogP contribution is 2.27. The molecule has 0 unspecified atom stereocenters. The maximum absolute atomic E-state index is 13.0. The molecule has 0 fully saturated rings. The summed E-state index contributed by atoms with van der Waals surface area (Å²) in [7, 11) is 0. The van der Waals surface area contributed by atoms with Crippen LogP contribution in [0.2, 0.25) is 0 Å². The summed E-state index contributed by atoms with van der Waals surface area (Å²) in [5.41, 5.74) is 2.31. The first-order valence-electron chi connectivity index (χ1n) is 8.02. The predicted octanol–water partition coefficient (Wildman–Crippen LogP) is 4.00. The van der Waals surface area contributed by atoms with E-state index in [1.165, 1.54) is 11.2 Å². The zero-order valence-corrected chi connectivity index (χ0v) is 14.0. The van der Waals surface area contributed by atoms with Crippen molar-refractivity contribution in [2.24, 2.45) is 0 Å². The van der Waals surface area contributed by atoms with Gasteiger partial charge in [0.2, 0.25) is 0 Å². The second-order valence-electron chi connectivity index (χ2n) is 5.55. The van der Waals surface area contributed by atoms with E-state index in [9.17, 15) is 4.79 Å². The number of imidazole rings is 1. The van der Waals surface area contributed by atoms with E-state index in [1.807, 2.05) is 60.7 Å². The molecule has 128 valence electrons. The number of aryl methyl sites for hydroxylation is 1. The average molecular weight is 345 g/mol. The molecule has 0 aliphatic rings. The number of nitrogens with zero attached hydrogens (tertiary/aromatic N) is 4. The summed E-state index contributed by atoms with van der Waals surface area (Å²) >= 11 is 0. The Morgan fingerprint density at radius 1 is 0.962 bits per heavy atom. The molecule has 0 radical (unpaired) electrons.